The first-order valence-corrected chi connectivity index (χ1v) is 7.40. The molecule has 20 heavy (non-hydrogen) atoms. The molecule has 1 amide bonds. The zero-order chi connectivity index (χ0) is 14.8. The molecule has 0 atom stereocenters. The number of carbonyl (C=O) groups excluding carboxylic acids is 1. The van der Waals surface area contributed by atoms with Gasteiger partial charge in [0.25, 0.3) is 0 Å². The predicted molar refractivity (Wildman–Crippen MR) is 74.6 cm³/mol. The van der Waals surface area contributed by atoms with Crippen molar-refractivity contribution in [2.45, 2.75) is 11.3 Å². The smallest absolute Gasteiger partial charge is 0.238 e. The highest BCUT2D eigenvalue weighted by Gasteiger charge is 2.14. The van der Waals surface area contributed by atoms with E-state index in [1.165, 1.54) is 12.1 Å². The van der Waals surface area contributed by atoms with Crippen LogP contribution in [0.5, 0.6) is 5.75 Å². The number of primary amides is 1. The van der Waals surface area contributed by atoms with Crippen LogP contribution in [-0.4, -0.2) is 20.9 Å². The number of amides is 1. The molecule has 2 aromatic carbocycles. The van der Waals surface area contributed by atoms with Crippen molar-refractivity contribution < 1.29 is 17.9 Å². The lowest BCUT2D eigenvalue weighted by molar-refractivity contribution is -0.118. The second kappa shape index (κ2) is 5.48. The third-order valence-corrected chi connectivity index (χ3v) is 3.73. The van der Waals surface area contributed by atoms with Gasteiger partial charge in [0.2, 0.25) is 15.9 Å². The molecule has 4 N–H and O–H groups in total. The van der Waals surface area contributed by atoms with Gasteiger partial charge in [0.15, 0.2) is 0 Å². The molecule has 7 heteroatoms. The summed E-state index contributed by atoms with van der Waals surface area (Å²) in [5, 5.41) is 6.28. The van der Waals surface area contributed by atoms with Crippen molar-refractivity contribution in [1.29, 1.82) is 0 Å². The monoisotopic (exact) mass is 294 g/mol. The highest BCUT2D eigenvalue weighted by molar-refractivity contribution is 7.89. The quantitative estimate of drug-likeness (QED) is 0.846. The van der Waals surface area contributed by atoms with Crippen LogP contribution in [0, 0.1) is 0 Å². The Kier molecular flexibility index (Phi) is 3.91. The Morgan fingerprint density at radius 2 is 1.75 bits per heavy atom. The zero-order valence-corrected chi connectivity index (χ0v) is 11.4. The second-order valence-corrected chi connectivity index (χ2v) is 5.75. The molecule has 0 heterocycles. The number of sulfonamides is 1. The number of hydrogen-bond donors (Lipinski definition) is 2. The number of ether oxygens (including phenoxy) is 1. The number of rotatable bonds is 5. The summed E-state index contributed by atoms with van der Waals surface area (Å²) >= 11 is 0. The van der Waals surface area contributed by atoms with Gasteiger partial charge in [-0.25, -0.2) is 13.6 Å². The summed E-state index contributed by atoms with van der Waals surface area (Å²) in [5.41, 5.74) is 5.04. The lowest BCUT2D eigenvalue weighted by Crippen LogP contribution is -2.15. The summed E-state index contributed by atoms with van der Waals surface area (Å²) in [6.07, 6.45) is 0.0886. The molecule has 0 aliphatic carbocycles. The maximum absolute atomic E-state index is 11.5. The lowest BCUT2D eigenvalue weighted by atomic mass is 10.1. The molecule has 0 spiro atoms. The van der Waals surface area contributed by atoms with Gasteiger partial charge in [0.05, 0.1) is 17.9 Å². The minimum Gasteiger partial charge on any atom is -0.492 e. The Bertz CT molecular complexity index is 756. The van der Waals surface area contributed by atoms with E-state index in [4.69, 9.17) is 15.6 Å². The van der Waals surface area contributed by atoms with Gasteiger partial charge in [-0.3, -0.25) is 4.79 Å². The predicted octanol–water partition coefficient (Wildman–Crippen LogP) is 0.741. The number of hydrogen-bond acceptors (Lipinski definition) is 4. The maximum atomic E-state index is 11.5. The van der Waals surface area contributed by atoms with E-state index >= 15 is 0 Å². The zero-order valence-electron chi connectivity index (χ0n) is 10.6. The van der Waals surface area contributed by atoms with Crippen LogP contribution in [0.25, 0.3) is 10.8 Å². The molecule has 2 aromatic rings. The van der Waals surface area contributed by atoms with Crippen LogP contribution in [0.4, 0.5) is 0 Å². The summed E-state index contributed by atoms with van der Waals surface area (Å²) in [6.45, 7) is 0.133. The standard InChI is InChI=1S/C13H14N2O4S/c14-13(16)7-8-19-11-5-6-12(20(15,17)18)10-4-2-1-3-9(10)11/h1-6H,7-8H2,(H2,14,16)(H2,15,17,18). The van der Waals surface area contributed by atoms with Crippen LogP contribution in [-0.2, 0) is 14.8 Å². The molecule has 6 nitrogen and oxygen atoms in total. The van der Waals surface area contributed by atoms with E-state index < -0.39 is 15.9 Å². The molecule has 0 unspecified atom stereocenters. The molecular formula is C13H14N2O4S. The summed E-state index contributed by atoms with van der Waals surface area (Å²) in [5.74, 6) is 0.0183. The summed E-state index contributed by atoms with van der Waals surface area (Å²) < 4.78 is 28.5. The first-order valence-electron chi connectivity index (χ1n) is 5.85. The molecule has 0 aliphatic rings. The van der Waals surface area contributed by atoms with Crippen molar-refractivity contribution >= 4 is 26.7 Å². The first kappa shape index (κ1) is 14.3. The second-order valence-electron chi connectivity index (χ2n) is 4.22. The fourth-order valence-corrected chi connectivity index (χ4v) is 2.62. The molecular weight excluding hydrogens is 280 g/mol. The SMILES string of the molecule is NC(=O)CCOc1ccc(S(N)(=O)=O)c2ccccc12. The molecule has 0 radical (unpaired) electrons. The number of fused-ring (bicyclic) bond motifs is 1. The van der Waals surface area contributed by atoms with Crippen LogP contribution < -0.4 is 15.6 Å². The number of nitrogens with two attached hydrogens (primary N) is 2. The van der Waals surface area contributed by atoms with Gasteiger partial charge in [-0.15, -0.1) is 0 Å². The Hall–Kier alpha value is -2.12. The Morgan fingerprint density at radius 3 is 2.35 bits per heavy atom. The summed E-state index contributed by atoms with van der Waals surface area (Å²) in [6, 6.07) is 9.75. The van der Waals surface area contributed by atoms with Crippen molar-refractivity contribution in [2.24, 2.45) is 10.9 Å². The third-order valence-electron chi connectivity index (χ3n) is 2.76. The Labute approximate surface area is 116 Å². The summed E-state index contributed by atoms with van der Waals surface area (Å²) in [4.78, 5) is 10.7. The molecule has 0 aromatic heterocycles. The lowest BCUT2D eigenvalue weighted by Gasteiger charge is -2.11. The van der Waals surface area contributed by atoms with Crippen LogP contribution in [0.2, 0.25) is 0 Å². The van der Waals surface area contributed by atoms with E-state index in [1.807, 2.05) is 0 Å². The van der Waals surface area contributed by atoms with Crippen molar-refractivity contribution in [3.8, 4) is 5.75 Å². The van der Waals surface area contributed by atoms with Gasteiger partial charge in [-0.05, 0) is 12.1 Å². The Morgan fingerprint density at radius 1 is 1.10 bits per heavy atom. The largest absolute Gasteiger partial charge is 0.492 e. The van der Waals surface area contributed by atoms with Gasteiger partial charge in [-0.1, -0.05) is 24.3 Å². The number of primary sulfonamides is 1. The molecule has 106 valence electrons. The van der Waals surface area contributed by atoms with E-state index in [1.54, 1.807) is 24.3 Å². The number of carbonyl (C=O) groups is 1. The average molecular weight is 294 g/mol. The van der Waals surface area contributed by atoms with E-state index in [2.05, 4.69) is 0 Å². The van der Waals surface area contributed by atoms with Gasteiger partial charge in [-0.2, -0.15) is 0 Å². The van der Waals surface area contributed by atoms with E-state index in [-0.39, 0.29) is 17.9 Å². The fourth-order valence-electron chi connectivity index (χ4n) is 1.88. The molecule has 0 aliphatic heterocycles. The van der Waals surface area contributed by atoms with Crippen LogP contribution in [0.15, 0.2) is 41.3 Å². The van der Waals surface area contributed by atoms with Crippen molar-refractivity contribution in [3.05, 3.63) is 36.4 Å². The maximum Gasteiger partial charge on any atom is 0.238 e. The fraction of sp³-hybridized carbons (Fsp3) is 0.154. The topological polar surface area (TPSA) is 112 Å². The molecule has 2 rings (SSSR count). The Balaban J connectivity index is 2.46. The van der Waals surface area contributed by atoms with Crippen LogP contribution >= 0.6 is 0 Å². The third kappa shape index (κ3) is 3.06. The normalized spacial score (nSPS) is 11.4. The molecule has 0 saturated heterocycles. The van der Waals surface area contributed by atoms with Crippen molar-refractivity contribution in [1.82, 2.24) is 0 Å². The van der Waals surface area contributed by atoms with Crippen molar-refractivity contribution in [2.75, 3.05) is 6.61 Å². The first-order chi connectivity index (χ1) is 9.39. The van der Waals surface area contributed by atoms with Gasteiger partial charge < -0.3 is 10.5 Å². The van der Waals surface area contributed by atoms with Gasteiger partial charge in [0, 0.05) is 10.8 Å². The molecule has 0 saturated carbocycles. The van der Waals surface area contributed by atoms with E-state index in [9.17, 15) is 13.2 Å². The minimum atomic E-state index is -3.81. The summed E-state index contributed by atoms with van der Waals surface area (Å²) in [7, 11) is -3.81. The van der Waals surface area contributed by atoms with Gasteiger partial charge in [0.1, 0.15) is 5.75 Å². The van der Waals surface area contributed by atoms with Crippen molar-refractivity contribution in [3.63, 3.8) is 0 Å². The van der Waals surface area contributed by atoms with Gasteiger partial charge >= 0.3 is 0 Å². The number of benzene rings is 2. The van der Waals surface area contributed by atoms with Crippen LogP contribution in [0.1, 0.15) is 6.42 Å². The average Bonchev–Trinajstić information content (AvgIpc) is 2.37. The highest BCUT2D eigenvalue weighted by atomic mass is 32.2. The van der Waals surface area contributed by atoms with E-state index in [0.717, 1.165) is 0 Å². The highest BCUT2D eigenvalue weighted by Crippen LogP contribution is 2.30. The van der Waals surface area contributed by atoms with E-state index in [0.29, 0.717) is 16.5 Å². The minimum absolute atomic E-state index is 0.0374. The van der Waals surface area contributed by atoms with Crippen LogP contribution in [0.3, 0.4) is 0 Å². The molecule has 0 bridgehead atoms. The molecule has 0 fully saturated rings.